The molecule has 0 radical (unpaired) electrons. The third kappa shape index (κ3) is 4.87. The smallest absolute Gasteiger partial charge is 0.294 e. The maximum absolute atomic E-state index is 12.1. The zero-order valence-corrected chi connectivity index (χ0v) is 23.8. The van der Waals surface area contributed by atoms with E-state index < -0.39 is 0 Å². The van der Waals surface area contributed by atoms with Crippen LogP contribution in [0.5, 0.6) is 16.7 Å². The molecule has 0 aliphatic heterocycles. The van der Waals surface area contributed by atoms with Crippen molar-refractivity contribution in [2.24, 2.45) is 0 Å². The highest BCUT2D eigenvalue weighted by atomic mass is 32.1. The molecule has 1 amide bonds. The van der Waals surface area contributed by atoms with E-state index in [-0.39, 0.29) is 12.5 Å². The van der Waals surface area contributed by atoms with Gasteiger partial charge in [-0.05, 0) is 43.4 Å². The summed E-state index contributed by atoms with van der Waals surface area (Å²) >= 11 is 2.93. The van der Waals surface area contributed by atoms with Crippen LogP contribution >= 0.6 is 22.7 Å². The molecule has 10 nitrogen and oxygen atoms in total. The molecule has 204 valence electrons. The Morgan fingerprint density at radius 2 is 1.90 bits per heavy atom. The van der Waals surface area contributed by atoms with Crippen LogP contribution < -0.4 is 19.5 Å². The summed E-state index contributed by atoms with van der Waals surface area (Å²) in [5.41, 5.74) is 3.68. The molecule has 6 aromatic rings. The van der Waals surface area contributed by atoms with Gasteiger partial charge in [0.1, 0.15) is 34.4 Å². The molecule has 12 heteroatoms. The summed E-state index contributed by atoms with van der Waals surface area (Å²) in [4.78, 5) is 23.3. The van der Waals surface area contributed by atoms with Gasteiger partial charge in [-0.2, -0.15) is 0 Å². The van der Waals surface area contributed by atoms with Gasteiger partial charge in [0.25, 0.3) is 11.1 Å². The quantitative estimate of drug-likeness (QED) is 0.224. The van der Waals surface area contributed by atoms with E-state index in [2.05, 4.69) is 15.4 Å². The molecule has 4 aromatic heterocycles. The van der Waals surface area contributed by atoms with Crippen molar-refractivity contribution in [3.05, 3.63) is 64.8 Å². The molecule has 0 bridgehead atoms. The van der Waals surface area contributed by atoms with Gasteiger partial charge in [0.15, 0.2) is 5.76 Å². The molecule has 4 heterocycles. The number of aryl methyl sites for hydroxylation is 1. The minimum Gasteiger partial charge on any atom is -0.496 e. The lowest BCUT2D eigenvalue weighted by Gasteiger charge is -2.08. The first-order valence-electron chi connectivity index (χ1n) is 12.5. The molecule has 0 fully saturated rings. The fourth-order valence-corrected chi connectivity index (χ4v) is 5.81. The maximum Gasteiger partial charge on any atom is 0.294 e. The number of methoxy groups -OCH3 is 2. The molecule has 0 atom stereocenters. The van der Waals surface area contributed by atoms with Crippen molar-refractivity contribution >= 4 is 44.5 Å². The van der Waals surface area contributed by atoms with Crippen LogP contribution in [0.1, 0.15) is 27.9 Å². The Morgan fingerprint density at radius 1 is 1.07 bits per heavy atom. The van der Waals surface area contributed by atoms with Crippen molar-refractivity contribution < 1.29 is 23.4 Å². The number of furan rings is 1. The number of rotatable bonds is 9. The number of nitrogens with zero attached hydrogens (tertiary/aromatic N) is 4. The van der Waals surface area contributed by atoms with E-state index in [0.29, 0.717) is 50.8 Å². The first-order valence-corrected chi connectivity index (χ1v) is 14.1. The van der Waals surface area contributed by atoms with Crippen LogP contribution in [0.4, 0.5) is 0 Å². The molecular weight excluding hydrogens is 550 g/mol. The van der Waals surface area contributed by atoms with Crippen LogP contribution in [0.15, 0.2) is 53.1 Å². The van der Waals surface area contributed by atoms with Crippen LogP contribution in [0, 0.1) is 6.92 Å². The molecule has 0 spiro atoms. The van der Waals surface area contributed by atoms with Gasteiger partial charge < -0.3 is 23.9 Å². The van der Waals surface area contributed by atoms with Gasteiger partial charge in [-0.25, -0.2) is 14.5 Å². The van der Waals surface area contributed by atoms with Crippen molar-refractivity contribution in [3.63, 3.8) is 0 Å². The second-order valence-corrected chi connectivity index (χ2v) is 10.9. The lowest BCUT2D eigenvalue weighted by atomic mass is 10.1. The average Bonchev–Trinajstić information content (AvgIpc) is 3.73. The Balaban J connectivity index is 1.25. The third-order valence-electron chi connectivity index (χ3n) is 6.25. The van der Waals surface area contributed by atoms with Gasteiger partial charge in [-0.15, -0.1) is 16.4 Å². The molecule has 1 N–H and O–H groups in total. The Kier molecular flexibility index (Phi) is 6.86. The van der Waals surface area contributed by atoms with Gasteiger partial charge in [0.2, 0.25) is 4.96 Å². The summed E-state index contributed by atoms with van der Waals surface area (Å²) < 4.78 is 24.8. The summed E-state index contributed by atoms with van der Waals surface area (Å²) in [6.07, 6.45) is 1.80. The van der Waals surface area contributed by atoms with Crippen molar-refractivity contribution in [2.45, 2.75) is 20.5 Å². The number of amides is 1. The first kappa shape index (κ1) is 25.8. The maximum atomic E-state index is 12.1. The molecule has 6 rings (SSSR count). The van der Waals surface area contributed by atoms with Crippen molar-refractivity contribution in [2.75, 3.05) is 20.8 Å². The predicted molar refractivity (Wildman–Crippen MR) is 154 cm³/mol. The van der Waals surface area contributed by atoms with Gasteiger partial charge in [-0.3, -0.25) is 4.79 Å². The Morgan fingerprint density at radius 3 is 2.62 bits per heavy atom. The summed E-state index contributed by atoms with van der Waals surface area (Å²) in [5.74, 6) is 1.73. The Hall–Kier alpha value is -4.42. The number of nitrogens with one attached hydrogen (secondary N) is 1. The topological polar surface area (TPSA) is 113 Å². The Labute approximate surface area is 237 Å². The third-order valence-corrected chi connectivity index (χ3v) is 8.19. The van der Waals surface area contributed by atoms with E-state index in [1.54, 1.807) is 36.3 Å². The van der Waals surface area contributed by atoms with Crippen LogP contribution in [0.3, 0.4) is 0 Å². The number of carbonyl (C=O) groups excluding carboxylic acids is 1. The van der Waals surface area contributed by atoms with Crippen LogP contribution in [0.2, 0.25) is 0 Å². The molecule has 40 heavy (non-hydrogen) atoms. The number of hydrogen-bond acceptors (Lipinski definition) is 10. The number of thiazole rings is 1. The van der Waals surface area contributed by atoms with E-state index in [0.717, 1.165) is 26.5 Å². The highest BCUT2D eigenvalue weighted by molar-refractivity contribution is 7.18. The van der Waals surface area contributed by atoms with Crippen LogP contribution in [-0.2, 0) is 6.61 Å². The van der Waals surface area contributed by atoms with Crippen LogP contribution in [-0.4, -0.2) is 46.3 Å². The zero-order chi connectivity index (χ0) is 27.8. The lowest BCUT2D eigenvalue weighted by Crippen LogP contribution is -2.22. The molecule has 0 saturated heterocycles. The first-order chi connectivity index (χ1) is 19.4. The van der Waals surface area contributed by atoms with Gasteiger partial charge in [-0.1, -0.05) is 12.1 Å². The van der Waals surface area contributed by atoms with E-state index >= 15 is 0 Å². The molecule has 0 unspecified atom stereocenters. The fraction of sp³-hybridized carbons (Fsp3) is 0.214. The summed E-state index contributed by atoms with van der Waals surface area (Å²) in [5, 5.41) is 9.34. The normalized spacial score (nSPS) is 11.3. The number of hydrogen-bond donors (Lipinski definition) is 1. The highest BCUT2D eigenvalue weighted by Gasteiger charge is 2.18. The number of ether oxygens (including phenoxy) is 3. The van der Waals surface area contributed by atoms with E-state index in [1.165, 1.54) is 11.3 Å². The number of imidazole rings is 1. The van der Waals surface area contributed by atoms with E-state index in [9.17, 15) is 4.79 Å². The van der Waals surface area contributed by atoms with Gasteiger partial charge in [0.05, 0.1) is 31.5 Å². The predicted octanol–water partition coefficient (Wildman–Crippen LogP) is 5.98. The minimum atomic E-state index is -0.0879. The second-order valence-electron chi connectivity index (χ2n) is 8.82. The van der Waals surface area contributed by atoms with Gasteiger partial charge in [0, 0.05) is 34.7 Å². The summed E-state index contributed by atoms with van der Waals surface area (Å²) in [6, 6.07) is 13.0. The average molecular weight is 576 g/mol. The van der Waals surface area contributed by atoms with Crippen LogP contribution in [0.25, 0.3) is 38.0 Å². The van der Waals surface area contributed by atoms with Crippen molar-refractivity contribution in [3.8, 4) is 38.7 Å². The molecule has 0 saturated carbocycles. The Bertz CT molecular complexity index is 1800. The SMILES string of the molecule is CCNC(=O)c1ccc(-c2nc(COc3cc(OC)cc4oc(-c5cn6nc(OC)sc6n5)cc34)c(C)s2)cc1. The fourth-order valence-electron chi connectivity index (χ4n) is 4.19. The number of benzene rings is 2. The molecule has 0 aliphatic carbocycles. The molecule has 0 aliphatic rings. The zero-order valence-electron chi connectivity index (χ0n) is 22.2. The highest BCUT2D eigenvalue weighted by Crippen LogP contribution is 2.38. The van der Waals surface area contributed by atoms with E-state index in [1.807, 2.05) is 56.3 Å². The number of carbonyl (C=O) groups is 1. The minimum absolute atomic E-state index is 0.0879. The van der Waals surface area contributed by atoms with Crippen molar-refractivity contribution in [1.29, 1.82) is 0 Å². The number of fused-ring (bicyclic) bond motifs is 2. The number of aromatic nitrogens is 4. The van der Waals surface area contributed by atoms with E-state index in [4.69, 9.17) is 23.6 Å². The standard InChI is InChI=1S/C28H25N5O5S2/c1-5-29-25(34)16-6-8-17(9-7-16)26-30-21(15(2)39-26)14-37-22-10-18(35-3)11-23-19(22)12-24(38-23)20-13-33-27(31-20)40-28(32-33)36-4/h6-13H,5,14H2,1-4H3,(H,29,34). The summed E-state index contributed by atoms with van der Waals surface area (Å²) in [6.45, 7) is 4.78. The molecule has 2 aromatic carbocycles. The van der Waals surface area contributed by atoms with Crippen molar-refractivity contribution in [1.82, 2.24) is 24.9 Å². The summed E-state index contributed by atoms with van der Waals surface area (Å²) in [7, 11) is 3.18. The lowest BCUT2D eigenvalue weighted by molar-refractivity contribution is 0.0956. The monoisotopic (exact) mass is 575 g/mol. The second kappa shape index (κ2) is 10.6. The van der Waals surface area contributed by atoms with Gasteiger partial charge >= 0.3 is 0 Å². The molecular formula is C28H25N5O5S2. The largest absolute Gasteiger partial charge is 0.496 e.